The Kier molecular flexibility index (Phi) is 5.65. The van der Waals surface area contributed by atoms with Gasteiger partial charge in [-0.2, -0.15) is 0 Å². The topological polar surface area (TPSA) is 55.6 Å². The molecule has 1 rings (SSSR count). The molecule has 0 aliphatic carbocycles. The Bertz CT molecular complexity index is 389. The van der Waals surface area contributed by atoms with Gasteiger partial charge in [-0.15, -0.1) is 0 Å². The van der Waals surface area contributed by atoms with E-state index in [4.69, 9.17) is 10.5 Å². The highest BCUT2D eigenvalue weighted by molar-refractivity contribution is 5.94. The molecule has 0 aliphatic heterocycles. The summed E-state index contributed by atoms with van der Waals surface area (Å²) in [6, 6.07) is 7.50. The Labute approximate surface area is 109 Å². The number of ether oxygens (including phenoxy) is 1. The number of rotatable bonds is 6. The molecule has 0 saturated carbocycles. The summed E-state index contributed by atoms with van der Waals surface area (Å²) in [7, 11) is 3.37. The van der Waals surface area contributed by atoms with Crippen molar-refractivity contribution < 1.29 is 9.53 Å². The molecule has 1 amide bonds. The molecule has 4 heteroatoms. The number of nitrogens with two attached hydrogens (primary N) is 1. The summed E-state index contributed by atoms with van der Waals surface area (Å²) in [6.45, 7) is 2.59. The molecule has 4 nitrogen and oxygen atoms in total. The van der Waals surface area contributed by atoms with Gasteiger partial charge in [-0.3, -0.25) is 4.79 Å². The van der Waals surface area contributed by atoms with Crippen molar-refractivity contribution in [2.45, 2.75) is 19.8 Å². The van der Waals surface area contributed by atoms with Crippen LogP contribution in [0, 0.1) is 5.92 Å². The summed E-state index contributed by atoms with van der Waals surface area (Å²) in [6.07, 6.45) is 1.39. The fraction of sp³-hybridized carbons (Fsp3) is 0.500. The van der Waals surface area contributed by atoms with E-state index < -0.39 is 0 Å². The van der Waals surface area contributed by atoms with Gasteiger partial charge >= 0.3 is 0 Å². The summed E-state index contributed by atoms with van der Waals surface area (Å²) in [5, 5.41) is 0. The zero-order valence-electron chi connectivity index (χ0n) is 11.3. The number of hydrogen-bond donors (Lipinski definition) is 1. The highest BCUT2D eigenvalue weighted by atomic mass is 16.5. The first-order chi connectivity index (χ1) is 8.63. The molecule has 100 valence electrons. The molecule has 0 saturated heterocycles. The minimum atomic E-state index is 0.0665. The smallest absolute Gasteiger partial charge is 0.227 e. The van der Waals surface area contributed by atoms with Crippen molar-refractivity contribution in [1.29, 1.82) is 0 Å². The lowest BCUT2D eigenvalue weighted by atomic mass is 10.0. The van der Waals surface area contributed by atoms with E-state index >= 15 is 0 Å². The quantitative estimate of drug-likeness (QED) is 0.840. The lowest BCUT2D eigenvalue weighted by molar-refractivity contribution is -0.119. The van der Waals surface area contributed by atoms with Crippen LogP contribution < -0.4 is 15.4 Å². The second kappa shape index (κ2) is 7.01. The first-order valence-corrected chi connectivity index (χ1v) is 6.23. The number of methoxy groups -OCH3 is 1. The molecule has 18 heavy (non-hydrogen) atoms. The van der Waals surface area contributed by atoms with Gasteiger partial charge < -0.3 is 15.4 Å². The maximum atomic E-state index is 12.2. The summed E-state index contributed by atoms with van der Waals surface area (Å²) in [5.74, 6) is 1.01. The minimum absolute atomic E-state index is 0.0665. The molecule has 0 aliphatic rings. The second-order valence-corrected chi connectivity index (χ2v) is 4.34. The van der Waals surface area contributed by atoms with Crippen molar-refractivity contribution in [3.63, 3.8) is 0 Å². The van der Waals surface area contributed by atoms with Gasteiger partial charge in [0.25, 0.3) is 0 Å². The third-order valence-electron chi connectivity index (χ3n) is 3.19. The lowest BCUT2D eigenvalue weighted by Crippen LogP contribution is -2.30. The van der Waals surface area contributed by atoms with Gasteiger partial charge in [-0.25, -0.2) is 0 Å². The van der Waals surface area contributed by atoms with Gasteiger partial charge in [0.05, 0.1) is 12.8 Å². The molecule has 1 aromatic rings. The average molecular weight is 250 g/mol. The molecule has 0 heterocycles. The van der Waals surface area contributed by atoms with Crippen molar-refractivity contribution in [3.8, 4) is 5.75 Å². The number of carbonyl (C=O) groups is 1. The maximum Gasteiger partial charge on any atom is 0.227 e. The molecule has 2 N–H and O–H groups in total. The predicted molar refractivity (Wildman–Crippen MR) is 73.9 cm³/mol. The summed E-state index contributed by atoms with van der Waals surface area (Å²) < 4.78 is 5.26. The summed E-state index contributed by atoms with van der Waals surface area (Å²) in [4.78, 5) is 13.8. The van der Waals surface area contributed by atoms with Crippen LogP contribution in [0.5, 0.6) is 5.75 Å². The van der Waals surface area contributed by atoms with Crippen molar-refractivity contribution in [2.24, 2.45) is 11.7 Å². The largest absolute Gasteiger partial charge is 0.495 e. The number of hydrogen-bond acceptors (Lipinski definition) is 3. The van der Waals surface area contributed by atoms with E-state index in [1.807, 2.05) is 31.2 Å². The van der Waals surface area contributed by atoms with Crippen LogP contribution in [0.2, 0.25) is 0 Å². The van der Waals surface area contributed by atoms with Gasteiger partial charge in [0.2, 0.25) is 5.91 Å². The van der Waals surface area contributed by atoms with Gasteiger partial charge in [-0.05, 0) is 24.6 Å². The molecule has 1 aromatic carbocycles. The van der Waals surface area contributed by atoms with Crippen molar-refractivity contribution in [1.82, 2.24) is 0 Å². The van der Waals surface area contributed by atoms with Crippen molar-refractivity contribution in [3.05, 3.63) is 24.3 Å². The van der Waals surface area contributed by atoms with Gasteiger partial charge in [0.15, 0.2) is 0 Å². The van der Waals surface area contributed by atoms with E-state index in [0.29, 0.717) is 18.7 Å². The summed E-state index contributed by atoms with van der Waals surface area (Å²) in [5.41, 5.74) is 6.42. The number of nitrogens with zero attached hydrogens (tertiary/aromatic N) is 1. The number of para-hydroxylation sites is 2. The normalized spacial score (nSPS) is 12.0. The van der Waals surface area contributed by atoms with Crippen molar-refractivity contribution >= 4 is 11.6 Å². The molecule has 1 atom stereocenters. The van der Waals surface area contributed by atoms with Crippen LogP contribution in [-0.4, -0.2) is 26.6 Å². The molecule has 1 unspecified atom stereocenters. The van der Waals surface area contributed by atoms with Crippen LogP contribution in [0.3, 0.4) is 0 Å². The molecule has 0 spiro atoms. The zero-order valence-corrected chi connectivity index (χ0v) is 11.3. The van der Waals surface area contributed by atoms with Gasteiger partial charge in [-0.1, -0.05) is 25.5 Å². The van der Waals surface area contributed by atoms with E-state index in [2.05, 4.69) is 0 Å². The second-order valence-electron chi connectivity index (χ2n) is 4.34. The molecular formula is C14H22N2O2. The number of benzene rings is 1. The van der Waals surface area contributed by atoms with Crippen LogP contribution in [0.1, 0.15) is 19.8 Å². The van der Waals surface area contributed by atoms with Crippen LogP contribution >= 0.6 is 0 Å². The molecule has 0 fully saturated rings. The van der Waals surface area contributed by atoms with Crippen LogP contribution in [0.4, 0.5) is 5.69 Å². The number of carbonyl (C=O) groups excluding carboxylic acids is 1. The Morgan fingerprint density at radius 2 is 2.11 bits per heavy atom. The Hall–Kier alpha value is -1.55. The van der Waals surface area contributed by atoms with Crippen LogP contribution in [0.15, 0.2) is 24.3 Å². The van der Waals surface area contributed by atoms with Crippen LogP contribution in [-0.2, 0) is 4.79 Å². The fourth-order valence-electron chi connectivity index (χ4n) is 1.82. The number of amides is 1. The predicted octanol–water partition coefficient (Wildman–Crippen LogP) is 2.03. The lowest BCUT2D eigenvalue weighted by Gasteiger charge is -2.22. The monoisotopic (exact) mass is 250 g/mol. The molecule has 0 aromatic heterocycles. The van der Waals surface area contributed by atoms with Gasteiger partial charge in [0.1, 0.15) is 5.75 Å². The van der Waals surface area contributed by atoms with Crippen LogP contribution in [0.25, 0.3) is 0 Å². The van der Waals surface area contributed by atoms with E-state index in [0.717, 1.165) is 12.1 Å². The third-order valence-corrected chi connectivity index (χ3v) is 3.19. The van der Waals surface area contributed by atoms with E-state index in [1.165, 1.54) is 0 Å². The maximum absolute atomic E-state index is 12.2. The minimum Gasteiger partial charge on any atom is -0.495 e. The molecule has 0 bridgehead atoms. The fourth-order valence-corrected chi connectivity index (χ4v) is 1.82. The third kappa shape index (κ3) is 3.47. The van der Waals surface area contributed by atoms with E-state index in [-0.39, 0.29) is 11.8 Å². The zero-order chi connectivity index (χ0) is 13.5. The molecular weight excluding hydrogens is 228 g/mol. The first-order valence-electron chi connectivity index (χ1n) is 6.23. The average Bonchev–Trinajstić information content (AvgIpc) is 2.43. The van der Waals surface area contributed by atoms with E-state index in [1.54, 1.807) is 19.1 Å². The standard InChI is InChI=1S/C14H22N2O2/c1-4-11(10-15)9-14(17)16(2)12-7-5-6-8-13(12)18-3/h5-8,11H,4,9-10,15H2,1-3H3. The van der Waals surface area contributed by atoms with Crippen molar-refractivity contribution in [2.75, 3.05) is 25.6 Å². The first kappa shape index (κ1) is 14.5. The Morgan fingerprint density at radius 3 is 2.67 bits per heavy atom. The highest BCUT2D eigenvalue weighted by Crippen LogP contribution is 2.27. The Balaban J connectivity index is 2.79. The van der Waals surface area contributed by atoms with E-state index in [9.17, 15) is 4.79 Å². The van der Waals surface area contributed by atoms with Gasteiger partial charge in [0, 0.05) is 13.5 Å². The number of anilines is 1. The summed E-state index contributed by atoms with van der Waals surface area (Å²) >= 11 is 0. The SMILES string of the molecule is CCC(CN)CC(=O)N(C)c1ccccc1OC. The Morgan fingerprint density at radius 1 is 1.44 bits per heavy atom. The highest BCUT2D eigenvalue weighted by Gasteiger charge is 2.17. The molecule has 0 radical (unpaired) electrons.